The molecule has 3 aliphatic heterocycles. The van der Waals surface area contributed by atoms with Crippen molar-refractivity contribution >= 4 is 0 Å². The SMILES string of the molecule is C1OC2OC(O1)O2. The van der Waals surface area contributed by atoms with Gasteiger partial charge in [0.1, 0.15) is 0 Å². The molecular weight excluding hydrogens is 100 g/mol. The molecule has 0 spiro atoms. The summed E-state index contributed by atoms with van der Waals surface area (Å²) < 4.78 is 18.8. The molecule has 3 aliphatic rings. The van der Waals surface area contributed by atoms with E-state index in [1.807, 2.05) is 0 Å². The number of hydrogen-bond acceptors (Lipinski definition) is 4. The molecule has 40 valence electrons. The Morgan fingerprint density at radius 2 is 1.57 bits per heavy atom. The minimum atomic E-state index is -0.446. The van der Waals surface area contributed by atoms with Crippen molar-refractivity contribution in [1.29, 1.82) is 0 Å². The van der Waals surface area contributed by atoms with Crippen LogP contribution < -0.4 is 0 Å². The Labute approximate surface area is 39.9 Å². The molecule has 0 amide bonds. The van der Waals surface area contributed by atoms with E-state index in [1.165, 1.54) is 0 Å². The lowest BCUT2D eigenvalue weighted by Crippen LogP contribution is -2.49. The summed E-state index contributed by atoms with van der Waals surface area (Å²) in [7, 11) is 0. The maximum Gasteiger partial charge on any atom is 0.281 e. The maximum absolute atomic E-state index is 4.71. The zero-order valence-corrected chi connectivity index (χ0v) is 3.49. The van der Waals surface area contributed by atoms with Gasteiger partial charge in [-0.2, -0.15) is 0 Å². The molecule has 0 aromatic carbocycles. The van der Waals surface area contributed by atoms with Crippen molar-refractivity contribution in [3.8, 4) is 0 Å². The number of fused-ring (bicyclic) bond motifs is 2. The first-order chi connectivity index (χ1) is 3.45. The molecule has 4 heteroatoms. The van der Waals surface area contributed by atoms with Gasteiger partial charge in [-0.15, -0.1) is 0 Å². The van der Waals surface area contributed by atoms with E-state index < -0.39 is 13.0 Å². The fraction of sp³-hybridized carbons (Fsp3) is 1.00. The highest BCUT2D eigenvalue weighted by atomic mass is 17.1. The molecule has 0 atom stereocenters. The number of rotatable bonds is 0. The van der Waals surface area contributed by atoms with Crippen LogP contribution in [0.15, 0.2) is 0 Å². The Bertz CT molecular complexity index is 63.5. The Kier molecular flexibility index (Phi) is 0.631. The van der Waals surface area contributed by atoms with Crippen molar-refractivity contribution in [2.45, 2.75) is 13.0 Å². The van der Waals surface area contributed by atoms with Crippen LogP contribution >= 0.6 is 0 Å². The highest BCUT2D eigenvalue weighted by Crippen LogP contribution is 2.23. The van der Waals surface area contributed by atoms with Gasteiger partial charge in [-0.3, -0.25) is 9.47 Å². The molecule has 0 aromatic rings. The molecular formula is C3H4O4. The van der Waals surface area contributed by atoms with Gasteiger partial charge in [-0.1, -0.05) is 0 Å². The van der Waals surface area contributed by atoms with Crippen LogP contribution in [0.4, 0.5) is 0 Å². The maximum atomic E-state index is 4.71. The summed E-state index contributed by atoms with van der Waals surface area (Å²) in [6.45, 7) is -0.604. The number of ether oxygens (including phenoxy) is 4. The van der Waals surface area contributed by atoms with E-state index in [1.54, 1.807) is 0 Å². The quantitative estimate of drug-likeness (QED) is 0.419. The minimum absolute atomic E-state index is 0.287. The van der Waals surface area contributed by atoms with Crippen LogP contribution in [0.5, 0.6) is 0 Å². The molecule has 0 radical (unpaired) electrons. The molecule has 3 fully saturated rings. The second-order valence-corrected chi connectivity index (χ2v) is 1.30. The lowest BCUT2D eigenvalue weighted by molar-refractivity contribution is -0.587. The van der Waals surface area contributed by atoms with E-state index in [9.17, 15) is 0 Å². The van der Waals surface area contributed by atoms with Crippen LogP contribution in [0.3, 0.4) is 0 Å². The van der Waals surface area contributed by atoms with E-state index >= 15 is 0 Å². The minimum Gasteiger partial charge on any atom is -0.303 e. The second kappa shape index (κ2) is 1.16. The van der Waals surface area contributed by atoms with Gasteiger partial charge in [-0.25, -0.2) is 0 Å². The van der Waals surface area contributed by atoms with E-state index in [2.05, 4.69) is 9.47 Å². The molecule has 3 saturated heterocycles. The van der Waals surface area contributed by atoms with E-state index in [-0.39, 0.29) is 6.79 Å². The smallest absolute Gasteiger partial charge is 0.281 e. The van der Waals surface area contributed by atoms with Crippen LogP contribution in [0, 0.1) is 0 Å². The molecule has 0 unspecified atom stereocenters. The lowest BCUT2D eigenvalue weighted by atomic mass is 10.9. The highest BCUT2D eigenvalue weighted by molar-refractivity contribution is 4.41. The normalized spacial score (nSPS) is 48.0. The van der Waals surface area contributed by atoms with Gasteiger partial charge in [0.15, 0.2) is 6.79 Å². The van der Waals surface area contributed by atoms with Crippen molar-refractivity contribution in [2.24, 2.45) is 0 Å². The summed E-state index contributed by atoms with van der Waals surface area (Å²) in [5.41, 5.74) is 0. The van der Waals surface area contributed by atoms with Gasteiger partial charge in [0.05, 0.1) is 0 Å². The predicted molar refractivity (Wildman–Crippen MR) is 16.8 cm³/mol. The first kappa shape index (κ1) is 3.80. The van der Waals surface area contributed by atoms with Gasteiger partial charge in [0.2, 0.25) is 0 Å². The van der Waals surface area contributed by atoms with Crippen LogP contribution in [0.1, 0.15) is 0 Å². The molecule has 0 saturated carbocycles. The van der Waals surface area contributed by atoms with E-state index in [0.29, 0.717) is 0 Å². The third kappa shape index (κ3) is 0.450. The topological polar surface area (TPSA) is 36.9 Å². The molecule has 0 aromatic heterocycles. The van der Waals surface area contributed by atoms with Crippen molar-refractivity contribution < 1.29 is 18.9 Å². The van der Waals surface area contributed by atoms with Gasteiger partial charge >= 0.3 is 0 Å². The zero-order valence-electron chi connectivity index (χ0n) is 3.49. The summed E-state index contributed by atoms with van der Waals surface area (Å²) in [6, 6.07) is 0. The zero-order chi connectivity index (χ0) is 4.69. The summed E-state index contributed by atoms with van der Waals surface area (Å²) in [4.78, 5) is 0. The Balaban J connectivity index is 1.99. The third-order valence-corrected chi connectivity index (χ3v) is 0.853. The van der Waals surface area contributed by atoms with Gasteiger partial charge in [0.25, 0.3) is 13.0 Å². The van der Waals surface area contributed by atoms with Crippen LogP contribution in [-0.2, 0) is 18.9 Å². The van der Waals surface area contributed by atoms with Crippen molar-refractivity contribution in [2.75, 3.05) is 6.79 Å². The van der Waals surface area contributed by atoms with Crippen molar-refractivity contribution in [1.82, 2.24) is 0 Å². The standard InChI is InChI=1S/C3H4O4/c1-4-2-6-3(5-1)7-2/h2-3H,1H2. The van der Waals surface area contributed by atoms with Crippen LogP contribution in [-0.4, -0.2) is 19.7 Å². The van der Waals surface area contributed by atoms with Gasteiger partial charge in [0, 0.05) is 0 Å². The second-order valence-electron chi connectivity index (χ2n) is 1.30. The molecule has 4 nitrogen and oxygen atoms in total. The number of hydrogen-bond donors (Lipinski definition) is 0. The average Bonchev–Trinajstić information content (AvgIpc) is 1.67. The Morgan fingerprint density at radius 1 is 1.00 bits per heavy atom. The molecule has 0 aliphatic carbocycles. The molecule has 3 heterocycles. The summed E-state index contributed by atoms with van der Waals surface area (Å²) in [5, 5.41) is 0. The largest absolute Gasteiger partial charge is 0.303 e. The fourth-order valence-corrected chi connectivity index (χ4v) is 0.499. The van der Waals surface area contributed by atoms with Crippen LogP contribution in [0.25, 0.3) is 0 Å². The fourth-order valence-electron chi connectivity index (χ4n) is 0.499. The van der Waals surface area contributed by atoms with Crippen molar-refractivity contribution in [3.63, 3.8) is 0 Å². The predicted octanol–water partition coefficient (Wildman–Crippen LogP) is -0.395. The molecule has 7 heavy (non-hydrogen) atoms. The lowest BCUT2D eigenvalue weighted by Gasteiger charge is -2.38. The Morgan fingerprint density at radius 3 is 1.71 bits per heavy atom. The van der Waals surface area contributed by atoms with Crippen molar-refractivity contribution in [3.05, 3.63) is 0 Å². The highest BCUT2D eigenvalue weighted by Gasteiger charge is 2.37. The van der Waals surface area contributed by atoms with Gasteiger partial charge < -0.3 is 9.47 Å². The third-order valence-electron chi connectivity index (χ3n) is 0.853. The van der Waals surface area contributed by atoms with E-state index in [0.717, 1.165) is 0 Å². The van der Waals surface area contributed by atoms with Crippen LogP contribution in [0.2, 0.25) is 0 Å². The first-order valence-electron chi connectivity index (χ1n) is 1.99. The molecule has 0 N–H and O–H groups in total. The monoisotopic (exact) mass is 104 g/mol. The summed E-state index contributed by atoms with van der Waals surface area (Å²) >= 11 is 0. The van der Waals surface area contributed by atoms with Gasteiger partial charge in [-0.05, 0) is 0 Å². The molecule has 3 rings (SSSR count). The summed E-state index contributed by atoms with van der Waals surface area (Å²) in [6.07, 6.45) is 0. The van der Waals surface area contributed by atoms with E-state index in [4.69, 9.17) is 9.47 Å². The first-order valence-corrected chi connectivity index (χ1v) is 1.99. The summed E-state index contributed by atoms with van der Waals surface area (Å²) in [5.74, 6) is 0. The molecule has 2 bridgehead atoms. The average molecular weight is 104 g/mol. The Hall–Kier alpha value is -0.160.